The van der Waals surface area contributed by atoms with Crippen LogP contribution in [0.4, 0.5) is 0 Å². The molecule has 0 saturated heterocycles. The van der Waals surface area contributed by atoms with E-state index in [2.05, 4.69) is 4.98 Å². The van der Waals surface area contributed by atoms with Gasteiger partial charge in [0.15, 0.2) is 0 Å². The van der Waals surface area contributed by atoms with Crippen molar-refractivity contribution in [3.05, 3.63) is 36.5 Å². The molecule has 1 aromatic carbocycles. The first-order valence-electron chi connectivity index (χ1n) is 6.19. The number of para-hydroxylation sites is 1. The number of benzene rings is 1. The van der Waals surface area contributed by atoms with E-state index in [9.17, 15) is 5.11 Å². The fourth-order valence-corrected chi connectivity index (χ4v) is 1.58. The van der Waals surface area contributed by atoms with E-state index in [4.69, 9.17) is 4.74 Å². The summed E-state index contributed by atoms with van der Waals surface area (Å²) in [5.74, 6) is 0.856. The third kappa shape index (κ3) is 2.62. The van der Waals surface area contributed by atoms with Gasteiger partial charge in [0.1, 0.15) is 17.9 Å². The molecule has 1 atom stereocenters. The SMILES string of the molecule is CC(C)C(C)(O)COc1cccc2cccnc12. The second-order valence-corrected chi connectivity index (χ2v) is 5.13. The number of nitrogens with zero attached hydrogens (tertiary/aromatic N) is 1. The van der Waals surface area contributed by atoms with Gasteiger partial charge >= 0.3 is 0 Å². The summed E-state index contributed by atoms with van der Waals surface area (Å²) in [6, 6.07) is 9.71. The van der Waals surface area contributed by atoms with E-state index in [1.54, 1.807) is 13.1 Å². The summed E-state index contributed by atoms with van der Waals surface area (Å²) in [4.78, 5) is 4.32. The lowest BCUT2D eigenvalue weighted by Crippen LogP contribution is -2.37. The lowest BCUT2D eigenvalue weighted by Gasteiger charge is -2.27. The van der Waals surface area contributed by atoms with Crippen LogP contribution in [0.25, 0.3) is 10.9 Å². The number of aromatic nitrogens is 1. The lowest BCUT2D eigenvalue weighted by atomic mass is 9.94. The van der Waals surface area contributed by atoms with Crippen molar-refractivity contribution in [1.82, 2.24) is 4.98 Å². The van der Waals surface area contributed by atoms with Crippen molar-refractivity contribution in [1.29, 1.82) is 0 Å². The van der Waals surface area contributed by atoms with E-state index < -0.39 is 5.60 Å². The van der Waals surface area contributed by atoms with E-state index in [0.717, 1.165) is 10.9 Å². The number of hydrogen-bond acceptors (Lipinski definition) is 3. The van der Waals surface area contributed by atoms with Gasteiger partial charge in [-0.3, -0.25) is 4.98 Å². The molecule has 1 unspecified atom stereocenters. The molecule has 96 valence electrons. The number of ether oxygens (including phenoxy) is 1. The van der Waals surface area contributed by atoms with Crippen molar-refractivity contribution >= 4 is 10.9 Å². The molecule has 0 amide bonds. The van der Waals surface area contributed by atoms with Crippen molar-refractivity contribution < 1.29 is 9.84 Å². The van der Waals surface area contributed by atoms with E-state index >= 15 is 0 Å². The molecule has 0 aliphatic carbocycles. The standard InChI is InChI=1S/C15H19NO2/c1-11(2)15(3,17)10-18-13-8-4-6-12-7-5-9-16-14(12)13/h4-9,11,17H,10H2,1-3H3. The predicted molar refractivity (Wildman–Crippen MR) is 72.7 cm³/mol. The highest BCUT2D eigenvalue weighted by atomic mass is 16.5. The maximum atomic E-state index is 10.2. The molecule has 0 saturated carbocycles. The molecule has 2 aromatic rings. The van der Waals surface area contributed by atoms with E-state index in [1.807, 2.05) is 44.2 Å². The molecular weight excluding hydrogens is 226 g/mol. The molecule has 3 nitrogen and oxygen atoms in total. The Hall–Kier alpha value is -1.61. The Labute approximate surface area is 107 Å². The Morgan fingerprint density at radius 2 is 2.00 bits per heavy atom. The highest BCUT2D eigenvalue weighted by Gasteiger charge is 2.26. The lowest BCUT2D eigenvalue weighted by molar-refractivity contribution is -0.0262. The smallest absolute Gasteiger partial charge is 0.145 e. The molecule has 0 radical (unpaired) electrons. The minimum Gasteiger partial charge on any atom is -0.488 e. The summed E-state index contributed by atoms with van der Waals surface area (Å²) in [5, 5.41) is 11.2. The van der Waals surface area contributed by atoms with Gasteiger partial charge in [0.2, 0.25) is 0 Å². The second-order valence-electron chi connectivity index (χ2n) is 5.13. The second kappa shape index (κ2) is 4.94. The van der Waals surface area contributed by atoms with Crippen LogP contribution in [0.15, 0.2) is 36.5 Å². The van der Waals surface area contributed by atoms with E-state index in [-0.39, 0.29) is 12.5 Å². The van der Waals surface area contributed by atoms with Crippen LogP contribution in [-0.4, -0.2) is 22.3 Å². The van der Waals surface area contributed by atoms with Gasteiger partial charge in [0, 0.05) is 11.6 Å². The van der Waals surface area contributed by atoms with Gasteiger partial charge in [-0.2, -0.15) is 0 Å². The summed E-state index contributed by atoms with van der Waals surface area (Å²) < 4.78 is 5.73. The molecule has 18 heavy (non-hydrogen) atoms. The van der Waals surface area contributed by atoms with Crippen LogP contribution < -0.4 is 4.74 Å². The van der Waals surface area contributed by atoms with E-state index in [0.29, 0.717) is 5.75 Å². The molecule has 2 rings (SSSR count). The number of rotatable bonds is 4. The van der Waals surface area contributed by atoms with Crippen molar-refractivity contribution in [2.24, 2.45) is 5.92 Å². The van der Waals surface area contributed by atoms with Crippen LogP contribution in [0, 0.1) is 5.92 Å². The molecule has 1 heterocycles. The number of pyridine rings is 1. The van der Waals surface area contributed by atoms with Gasteiger partial charge in [-0.05, 0) is 25.0 Å². The minimum absolute atomic E-state index is 0.139. The topological polar surface area (TPSA) is 42.4 Å². The van der Waals surface area contributed by atoms with Crippen LogP contribution in [-0.2, 0) is 0 Å². The fraction of sp³-hybridized carbons (Fsp3) is 0.400. The minimum atomic E-state index is -0.836. The number of aliphatic hydroxyl groups is 1. The monoisotopic (exact) mass is 245 g/mol. The molecule has 1 N–H and O–H groups in total. The molecule has 0 spiro atoms. The molecular formula is C15H19NO2. The number of hydrogen-bond donors (Lipinski definition) is 1. The first-order valence-corrected chi connectivity index (χ1v) is 6.19. The molecule has 0 aliphatic rings. The van der Waals surface area contributed by atoms with Crippen molar-refractivity contribution in [3.8, 4) is 5.75 Å². The highest BCUT2D eigenvalue weighted by molar-refractivity contribution is 5.84. The zero-order valence-electron chi connectivity index (χ0n) is 11.1. The summed E-state index contributed by atoms with van der Waals surface area (Å²) in [7, 11) is 0. The quantitative estimate of drug-likeness (QED) is 0.900. The van der Waals surface area contributed by atoms with Crippen molar-refractivity contribution in [3.63, 3.8) is 0 Å². The third-order valence-electron chi connectivity index (χ3n) is 3.36. The van der Waals surface area contributed by atoms with Gasteiger partial charge in [-0.1, -0.05) is 32.0 Å². The summed E-state index contributed by atoms with van der Waals surface area (Å²) in [6.07, 6.45) is 1.75. The van der Waals surface area contributed by atoms with Crippen LogP contribution in [0.2, 0.25) is 0 Å². The molecule has 0 fully saturated rings. The van der Waals surface area contributed by atoms with Crippen LogP contribution >= 0.6 is 0 Å². The van der Waals surface area contributed by atoms with E-state index in [1.165, 1.54) is 0 Å². The Morgan fingerprint density at radius 1 is 1.28 bits per heavy atom. The molecule has 0 bridgehead atoms. The van der Waals surface area contributed by atoms with Crippen molar-refractivity contribution in [2.45, 2.75) is 26.4 Å². The summed E-state index contributed by atoms with van der Waals surface area (Å²) >= 11 is 0. The van der Waals surface area contributed by atoms with Gasteiger partial charge in [0.05, 0.1) is 5.60 Å². The maximum absolute atomic E-state index is 10.2. The van der Waals surface area contributed by atoms with Gasteiger partial charge in [0.25, 0.3) is 0 Å². The Bertz CT molecular complexity index is 530. The average molecular weight is 245 g/mol. The Balaban J connectivity index is 2.22. The normalized spacial score (nSPS) is 14.7. The summed E-state index contributed by atoms with van der Waals surface area (Å²) in [6.45, 7) is 6.01. The van der Waals surface area contributed by atoms with Gasteiger partial charge in [-0.25, -0.2) is 0 Å². The zero-order chi connectivity index (χ0) is 13.2. The van der Waals surface area contributed by atoms with Crippen LogP contribution in [0.5, 0.6) is 5.75 Å². The Kier molecular flexibility index (Phi) is 3.53. The molecule has 3 heteroatoms. The van der Waals surface area contributed by atoms with Crippen molar-refractivity contribution in [2.75, 3.05) is 6.61 Å². The van der Waals surface area contributed by atoms with Gasteiger partial charge < -0.3 is 9.84 Å². The first kappa shape index (κ1) is 12.8. The third-order valence-corrected chi connectivity index (χ3v) is 3.36. The number of fused-ring (bicyclic) bond motifs is 1. The maximum Gasteiger partial charge on any atom is 0.145 e. The predicted octanol–water partition coefficient (Wildman–Crippen LogP) is 3.02. The molecule has 0 aliphatic heterocycles. The van der Waals surface area contributed by atoms with Gasteiger partial charge in [-0.15, -0.1) is 0 Å². The first-order chi connectivity index (χ1) is 8.50. The Morgan fingerprint density at radius 3 is 2.72 bits per heavy atom. The van der Waals surface area contributed by atoms with Crippen LogP contribution in [0.3, 0.4) is 0 Å². The molecule has 1 aromatic heterocycles. The highest BCUT2D eigenvalue weighted by Crippen LogP contribution is 2.25. The summed E-state index contributed by atoms with van der Waals surface area (Å²) in [5.41, 5.74) is -0.00344. The zero-order valence-corrected chi connectivity index (χ0v) is 11.1. The average Bonchev–Trinajstić information content (AvgIpc) is 2.36. The fourth-order valence-electron chi connectivity index (χ4n) is 1.58. The van der Waals surface area contributed by atoms with Crippen LogP contribution in [0.1, 0.15) is 20.8 Å². The largest absolute Gasteiger partial charge is 0.488 e.